The Morgan fingerprint density at radius 1 is 1.15 bits per heavy atom. The van der Waals surface area contributed by atoms with Gasteiger partial charge >= 0.3 is 0 Å². The number of halogens is 1. The highest BCUT2D eigenvalue weighted by Crippen LogP contribution is 2.28. The largest absolute Gasteiger partial charge is 0.467 e. The zero-order chi connectivity index (χ0) is 14.4. The number of hydrogen-bond donors (Lipinski definition) is 1. The Morgan fingerprint density at radius 3 is 2.60 bits per heavy atom. The van der Waals surface area contributed by atoms with E-state index in [4.69, 9.17) is 21.1 Å². The van der Waals surface area contributed by atoms with Crippen LogP contribution < -0.4 is 4.74 Å². The van der Waals surface area contributed by atoms with Gasteiger partial charge in [-0.25, -0.2) is 0 Å². The summed E-state index contributed by atoms with van der Waals surface area (Å²) in [7, 11) is 0. The molecule has 2 aromatic carbocycles. The van der Waals surface area contributed by atoms with E-state index in [-0.39, 0.29) is 6.79 Å². The fourth-order valence-electron chi connectivity index (χ4n) is 1.82. The molecule has 20 heavy (non-hydrogen) atoms. The minimum Gasteiger partial charge on any atom is -0.467 e. The van der Waals surface area contributed by atoms with Crippen molar-refractivity contribution in [2.75, 3.05) is 6.79 Å². The molecule has 0 aliphatic carbocycles. The molecule has 0 heterocycles. The summed E-state index contributed by atoms with van der Waals surface area (Å²) in [6.45, 7) is 2.28. The van der Waals surface area contributed by atoms with Crippen LogP contribution in [0, 0.1) is 0 Å². The second-order valence-corrected chi connectivity index (χ2v) is 4.89. The molecule has 0 saturated carbocycles. The zero-order valence-electron chi connectivity index (χ0n) is 11.3. The van der Waals surface area contributed by atoms with E-state index in [9.17, 15) is 5.11 Å². The van der Waals surface area contributed by atoms with Crippen molar-refractivity contribution in [3.8, 4) is 5.75 Å². The molecule has 2 rings (SSSR count). The van der Waals surface area contributed by atoms with Crippen molar-refractivity contribution in [2.24, 2.45) is 0 Å². The predicted molar refractivity (Wildman–Crippen MR) is 78.8 cm³/mol. The summed E-state index contributed by atoms with van der Waals surface area (Å²) < 4.78 is 11.0. The van der Waals surface area contributed by atoms with Crippen LogP contribution in [0.25, 0.3) is 0 Å². The lowest BCUT2D eigenvalue weighted by atomic mass is 10.1. The summed E-state index contributed by atoms with van der Waals surface area (Å²) in [6, 6.07) is 15.0. The van der Waals surface area contributed by atoms with Crippen LogP contribution in [0.5, 0.6) is 5.75 Å². The average molecular weight is 293 g/mol. The maximum Gasteiger partial charge on any atom is 0.189 e. The van der Waals surface area contributed by atoms with E-state index in [1.54, 1.807) is 25.1 Å². The first kappa shape index (κ1) is 14.9. The normalized spacial score (nSPS) is 12.2. The van der Waals surface area contributed by atoms with Gasteiger partial charge in [-0.1, -0.05) is 41.9 Å². The molecule has 0 amide bonds. The third-order valence-electron chi connectivity index (χ3n) is 2.83. The minimum absolute atomic E-state index is 0.121. The number of ether oxygens (including phenoxy) is 2. The molecule has 0 unspecified atom stereocenters. The first-order valence-electron chi connectivity index (χ1n) is 6.39. The Balaban J connectivity index is 1.88. The number of benzene rings is 2. The van der Waals surface area contributed by atoms with Gasteiger partial charge in [-0.2, -0.15) is 0 Å². The molecule has 0 spiro atoms. The molecule has 0 fully saturated rings. The molecule has 0 saturated heterocycles. The van der Waals surface area contributed by atoms with E-state index in [1.807, 2.05) is 30.3 Å². The lowest BCUT2D eigenvalue weighted by Crippen LogP contribution is -2.05. The monoisotopic (exact) mass is 292 g/mol. The quantitative estimate of drug-likeness (QED) is 0.647. The van der Waals surface area contributed by atoms with Crippen LogP contribution >= 0.6 is 11.6 Å². The van der Waals surface area contributed by atoms with Gasteiger partial charge in [0.1, 0.15) is 5.75 Å². The van der Waals surface area contributed by atoms with Crippen LogP contribution in [0.4, 0.5) is 0 Å². The van der Waals surface area contributed by atoms with Gasteiger partial charge in [0, 0.05) is 10.6 Å². The highest BCUT2D eigenvalue weighted by molar-refractivity contribution is 6.30. The van der Waals surface area contributed by atoms with Crippen LogP contribution in [-0.2, 0) is 11.3 Å². The number of aliphatic hydroxyl groups is 1. The first-order valence-corrected chi connectivity index (χ1v) is 6.76. The Kier molecular flexibility index (Phi) is 5.41. The molecule has 3 nitrogen and oxygen atoms in total. The Bertz CT molecular complexity index is 541. The molecule has 0 radical (unpaired) electrons. The summed E-state index contributed by atoms with van der Waals surface area (Å²) in [6.07, 6.45) is -0.641. The highest BCUT2D eigenvalue weighted by Gasteiger charge is 2.09. The Labute approximate surface area is 123 Å². The molecular formula is C16H17ClO3. The molecule has 0 aliphatic heterocycles. The fourth-order valence-corrected chi connectivity index (χ4v) is 2.00. The number of aliphatic hydroxyl groups excluding tert-OH is 1. The van der Waals surface area contributed by atoms with Crippen molar-refractivity contribution >= 4 is 11.6 Å². The fraction of sp³-hybridized carbons (Fsp3) is 0.250. The Morgan fingerprint density at radius 2 is 1.90 bits per heavy atom. The topological polar surface area (TPSA) is 38.7 Å². The lowest BCUT2D eigenvalue weighted by Gasteiger charge is -2.14. The van der Waals surface area contributed by atoms with Crippen LogP contribution in [0.3, 0.4) is 0 Å². The predicted octanol–water partition coefficient (Wildman–Crippen LogP) is 3.95. The van der Waals surface area contributed by atoms with Crippen molar-refractivity contribution in [3.05, 3.63) is 64.7 Å². The van der Waals surface area contributed by atoms with E-state index in [0.29, 0.717) is 22.9 Å². The molecule has 0 aliphatic rings. The lowest BCUT2D eigenvalue weighted by molar-refractivity contribution is 0.00343. The van der Waals surface area contributed by atoms with E-state index < -0.39 is 6.10 Å². The van der Waals surface area contributed by atoms with Gasteiger partial charge in [0.15, 0.2) is 6.79 Å². The number of hydrogen-bond acceptors (Lipinski definition) is 3. The van der Waals surface area contributed by atoms with E-state index in [0.717, 1.165) is 5.56 Å². The van der Waals surface area contributed by atoms with Crippen LogP contribution in [-0.4, -0.2) is 11.9 Å². The summed E-state index contributed by atoms with van der Waals surface area (Å²) in [4.78, 5) is 0. The summed E-state index contributed by atoms with van der Waals surface area (Å²) in [5.41, 5.74) is 1.74. The van der Waals surface area contributed by atoms with E-state index in [1.165, 1.54) is 0 Å². The molecule has 2 aromatic rings. The summed E-state index contributed by atoms with van der Waals surface area (Å²) >= 11 is 5.90. The van der Waals surface area contributed by atoms with Crippen molar-refractivity contribution in [1.82, 2.24) is 0 Å². The molecule has 0 bridgehead atoms. The molecule has 4 heteroatoms. The maximum atomic E-state index is 9.68. The Hall–Kier alpha value is -1.55. The molecule has 1 atom stereocenters. The van der Waals surface area contributed by atoms with Gasteiger partial charge < -0.3 is 14.6 Å². The minimum atomic E-state index is -0.641. The second kappa shape index (κ2) is 7.29. The van der Waals surface area contributed by atoms with Gasteiger partial charge in [0.25, 0.3) is 0 Å². The molecular weight excluding hydrogens is 276 g/mol. The molecule has 1 N–H and O–H groups in total. The highest BCUT2D eigenvalue weighted by atomic mass is 35.5. The van der Waals surface area contributed by atoms with Crippen LogP contribution in [0.15, 0.2) is 48.5 Å². The smallest absolute Gasteiger partial charge is 0.189 e. The standard InChI is InChI=1S/C16H17ClO3/c1-12(18)15-9-14(17)7-8-16(15)20-11-19-10-13-5-3-2-4-6-13/h2-9,12,18H,10-11H2,1H3/t12-/m1/s1. The summed E-state index contributed by atoms with van der Waals surface area (Å²) in [5, 5.41) is 10.3. The van der Waals surface area contributed by atoms with Crippen molar-refractivity contribution in [2.45, 2.75) is 19.6 Å². The van der Waals surface area contributed by atoms with E-state index in [2.05, 4.69) is 0 Å². The summed E-state index contributed by atoms with van der Waals surface area (Å²) in [5.74, 6) is 0.581. The van der Waals surface area contributed by atoms with Gasteiger partial charge in [0.2, 0.25) is 0 Å². The first-order chi connectivity index (χ1) is 9.66. The number of rotatable bonds is 6. The zero-order valence-corrected chi connectivity index (χ0v) is 12.0. The van der Waals surface area contributed by atoms with Crippen molar-refractivity contribution in [1.29, 1.82) is 0 Å². The van der Waals surface area contributed by atoms with Gasteiger partial charge in [-0.3, -0.25) is 0 Å². The van der Waals surface area contributed by atoms with E-state index >= 15 is 0 Å². The van der Waals surface area contributed by atoms with Crippen LogP contribution in [0.1, 0.15) is 24.2 Å². The SMILES string of the molecule is C[C@@H](O)c1cc(Cl)ccc1OCOCc1ccccc1. The van der Waals surface area contributed by atoms with Gasteiger partial charge in [0.05, 0.1) is 12.7 Å². The molecule has 0 aromatic heterocycles. The van der Waals surface area contributed by atoms with Gasteiger partial charge in [-0.15, -0.1) is 0 Å². The third kappa shape index (κ3) is 4.23. The maximum absolute atomic E-state index is 9.68. The van der Waals surface area contributed by atoms with Crippen molar-refractivity contribution in [3.63, 3.8) is 0 Å². The van der Waals surface area contributed by atoms with Crippen LogP contribution in [0.2, 0.25) is 5.02 Å². The average Bonchev–Trinajstić information content (AvgIpc) is 2.45. The molecule has 106 valence electrons. The van der Waals surface area contributed by atoms with Crippen molar-refractivity contribution < 1.29 is 14.6 Å². The third-order valence-corrected chi connectivity index (χ3v) is 3.07. The van der Waals surface area contributed by atoms with Gasteiger partial charge in [-0.05, 0) is 30.7 Å². The second-order valence-electron chi connectivity index (χ2n) is 4.45.